The van der Waals surface area contributed by atoms with Crippen molar-refractivity contribution in [2.24, 2.45) is 5.92 Å². The normalized spacial score (nSPS) is 19.6. The second-order valence-corrected chi connectivity index (χ2v) is 6.21. The molecule has 1 saturated heterocycles. The van der Waals surface area contributed by atoms with Crippen LogP contribution in [0, 0.1) is 12.8 Å². The molecule has 0 radical (unpaired) electrons. The number of nitrogens with zero attached hydrogens (tertiary/aromatic N) is 1. The van der Waals surface area contributed by atoms with E-state index in [0.29, 0.717) is 17.2 Å². The van der Waals surface area contributed by atoms with E-state index in [1.54, 1.807) is 0 Å². The Morgan fingerprint density at radius 2 is 2.32 bits per heavy atom. The van der Waals surface area contributed by atoms with Crippen LogP contribution in [0.2, 0.25) is 0 Å². The topological polar surface area (TPSA) is 58.4 Å². The minimum Gasteiger partial charge on any atom is -0.398 e. The van der Waals surface area contributed by atoms with Gasteiger partial charge in [0.2, 0.25) is 0 Å². The molecule has 1 aliphatic rings. The third-order valence-corrected chi connectivity index (χ3v) is 4.16. The van der Waals surface area contributed by atoms with Crippen molar-refractivity contribution in [1.82, 2.24) is 10.2 Å². The molecule has 3 N–H and O–H groups in total. The maximum atomic E-state index is 12.2. The molecule has 0 saturated carbocycles. The number of halogens is 1. The molecule has 1 aromatic carbocycles. The lowest BCUT2D eigenvalue weighted by Gasteiger charge is -2.13. The van der Waals surface area contributed by atoms with E-state index < -0.39 is 0 Å². The van der Waals surface area contributed by atoms with E-state index in [1.807, 2.05) is 19.1 Å². The smallest absolute Gasteiger partial charge is 0.251 e. The number of hydrogen-bond acceptors (Lipinski definition) is 3. The summed E-state index contributed by atoms with van der Waals surface area (Å²) in [7, 11) is 2.11. The maximum absolute atomic E-state index is 12.2. The van der Waals surface area contributed by atoms with Crippen LogP contribution >= 0.6 is 15.9 Å². The summed E-state index contributed by atoms with van der Waals surface area (Å²) in [6, 6.07) is 3.64. The first kappa shape index (κ1) is 14.3. The number of benzene rings is 1. The Morgan fingerprint density at radius 3 is 2.95 bits per heavy atom. The Hall–Kier alpha value is -1.07. The van der Waals surface area contributed by atoms with Gasteiger partial charge in [0.25, 0.3) is 5.91 Å². The lowest BCUT2D eigenvalue weighted by Crippen LogP contribution is -2.31. The average Bonchev–Trinajstić information content (AvgIpc) is 2.76. The molecule has 5 heteroatoms. The number of hydrogen-bond donors (Lipinski definition) is 2. The van der Waals surface area contributed by atoms with Crippen LogP contribution in [0.25, 0.3) is 0 Å². The van der Waals surface area contributed by atoms with Gasteiger partial charge in [0.15, 0.2) is 0 Å². The van der Waals surface area contributed by atoms with Crippen LogP contribution < -0.4 is 11.1 Å². The first-order chi connectivity index (χ1) is 8.97. The molecule has 1 unspecified atom stereocenters. The molecule has 0 spiro atoms. The SMILES string of the molecule is Cc1c(N)cc(Br)cc1C(=O)NCC1CCN(C)C1. The molecule has 1 aliphatic heterocycles. The number of nitrogens with one attached hydrogen (secondary N) is 1. The van der Waals surface area contributed by atoms with Crippen LogP contribution in [0.1, 0.15) is 22.3 Å². The zero-order valence-electron chi connectivity index (χ0n) is 11.4. The molecule has 1 amide bonds. The fourth-order valence-electron chi connectivity index (χ4n) is 2.46. The molecule has 4 nitrogen and oxygen atoms in total. The van der Waals surface area contributed by atoms with Crippen molar-refractivity contribution in [3.05, 3.63) is 27.7 Å². The predicted octanol–water partition coefficient (Wildman–Crippen LogP) is 2.02. The lowest BCUT2D eigenvalue weighted by molar-refractivity contribution is 0.0947. The van der Waals surface area contributed by atoms with E-state index in [9.17, 15) is 4.79 Å². The molecule has 0 aromatic heterocycles. The van der Waals surface area contributed by atoms with Crippen molar-refractivity contribution < 1.29 is 4.79 Å². The van der Waals surface area contributed by atoms with Gasteiger partial charge in [-0.3, -0.25) is 4.79 Å². The van der Waals surface area contributed by atoms with Gasteiger partial charge in [0.1, 0.15) is 0 Å². The maximum Gasteiger partial charge on any atom is 0.251 e. The Kier molecular flexibility index (Phi) is 4.47. The second kappa shape index (κ2) is 5.92. The third-order valence-electron chi connectivity index (χ3n) is 3.70. The average molecular weight is 326 g/mol. The van der Waals surface area contributed by atoms with Crippen LogP contribution in [0.3, 0.4) is 0 Å². The van der Waals surface area contributed by atoms with E-state index in [2.05, 4.69) is 33.2 Å². The number of carbonyl (C=O) groups excluding carboxylic acids is 1. The van der Waals surface area contributed by atoms with Crippen molar-refractivity contribution in [2.75, 3.05) is 32.4 Å². The summed E-state index contributed by atoms with van der Waals surface area (Å²) in [6.45, 7) is 4.78. The van der Waals surface area contributed by atoms with Gasteiger partial charge >= 0.3 is 0 Å². The highest BCUT2D eigenvalue weighted by atomic mass is 79.9. The monoisotopic (exact) mass is 325 g/mol. The van der Waals surface area contributed by atoms with Gasteiger partial charge in [-0.2, -0.15) is 0 Å². The number of nitrogen functional groups attached to an aromatic ring is 1. The number of amides is 1. The minimum absolute atomic E-state index is 0.0416. The van der Waals surface area contributed by atoms with Crippen LogP contribution in [0.15, 0.2) is 16.6 Å². The van der Waals surface area contributed by atoms with Gasteiger partial charge in [-0.15, -0.1) is 0 Å². The van der Waals surface area contributed by atoms with Crippen LogP contribution in [-0.2, 0) is 0 Å². The summed E-state index contributed by atoms with van der Waals surface area (Å²) >= 11 is 3.37. The Labute approximate surface area is 122 Å². The molecule has 2 rings (SSSR count). The van der Waals surface area contributed by atoms with Gasteiger partial charge in [-0.05, 0) is 50.6 Å². The van der Waals surface area contributed by atoms with Crippen LogP contribution in [0.5, 0.6) is 0 Å². The summed E-state index contributed by atoms with van der Waals surface area (Å²) in [5.41, 5.74) is 8.01. The lowest BCUT2D eigenvalue weighted by atomic mass is 10.1. The number of nitrogens with two attached hydrogens (primary N) is 1. The van der Waals surface area contributed by atoms with E-state index in [4.69, 9.17) is 5.73 Å². The van der Waals surface area contributed by atoms with Crippen molar-refractivity contribution in [3.8, 4) is 0 Å². The molecule has 19 heavy (non-hydrogen) atoms. The highest BCUT2D eigenvalue weighted by molar-refractivity contribution is 9.10. The zero-order chi connectivity index (χ0) is 14.0. The van der Waals surface area contributed by atoms with Gasteiger partial charge in [-0.1, -0.05) is 15.9 Å². The van der Waals surface area contributed by atoms with Crippen molar-refractivity contribution >= 4 is 27.5 Å². The van der Waals surface area contributed by atoms with E-state index >= 15 is 0 Å². The quantitative estimate of drug-likeness (QED) is 0.836. The number of rotatable bonds is 3. The highest BCUT2D eigenvalue weighted by Gasteiger charge is 2.20. The molecular formula is C14H20BrN3O. The Bertz CT molecular complexity index is 490. The van der Waals surface area contributed by atoms with Gasteiger partial charge < -0.3 is 16.0 Å². The fourth-order valence-corrected chi connectivity index (χ4v) is 2.94. The zero-order valence-corrected chi connectivity index (χ0v) is 13.0. The summed E-state index contributed by atoms with van der Waals surface area (Å²) in [4.78, 5) is 14.5. The molecule has 0 bridgehead atoms. The summed E-state index contributed by atoms with van der Waals surface area (Å²) in [6.07, 6.45) is 1.15. The molecule has 1 fully saturated rings. The van der Waals surface area contributed by atoms with Gasteiger partial charge in [0.05, 0.1) is 0 Å². The van der Waals surface area contributed by atoms with Gasteiger partial charge in [0, 0.05) is 28.8 Å². The first-order valence-electron chi connectivity index (χ1n) is 6.49. The molecule has 1 atom stereocenters. The minimum atomic E-state index is -0.0416. The standard InChI is InChI=1S/C14H20BrN3O/c1-9-12(5-11(15)6-13(9)16)14(19)17-7-10-3-4-18(2)8-10/h5-6,10H,3-4,7-8,16H2,1-2H3,(H,17,19). The third kappa shape index (κ3) is 3.48. The van der Waals surface area contributed by atoms with Crippen molar-refractivity contribution in [2.45, 2.75) is 13.3 Å². The number of likely N-dealkylation sites (tertiary alicyclic amines) is 1. The number of anilines is 1. The number of carbonyl (C=O) groups is 1. The van der Waals surface area contributed by atoms with Crippen LogP contribution in [0.4, 0.5) is 5.69 Å². The second-order valence-electron chi connectivity index (χ2n) is 5.29. The highest BCUT2D eigenvalue weighted by Crippen LogP contribution is 2.23. The Morgan fingerprint density at radius 1 is 1.58 bits per heavy atom. The van der Waals surface area contributed by atoms with Crippen LogP contribution in [-0.4, -0.2) is 37.5 Å². The molecule has 1 aromatic rings. The van der Waals surface area contributed by atoms with E-state index in [-0.39, 0.29) is 5.91 Å². The largest absolute Gasteiger partial charge is 0.398 e. The Balaban J connectivity index is 2.00. The predicted molar refractivity (Wildman–Crippen MR) is 81.2 cm³/mol. The van der Waals surface area contributed by atoms with E-state index in [1.165, 1.54) is 0 Å². The summed E-state index contributed by atoms with van der Waals surface area (Å²) < 4.78 is 0.835. The summed E-state index contributed by atoms with van der Waals surface area (Å²) in [5, 5.41) is 3.01. The summed E-state index contributed by atoms with van der Waals surface area (Å²) in [5.74, 6) is 0.513. The molecule has 0 aliphatic carbocycles. The fraction of sp³-hybridized carbons (Fsp3) is 0.500. The first-order valence-corrected chi connectivity index (χ1v) is 7.29. The molecule has 1 heterocycles. The van der Waals surface area contributed by atoms with Gasteiger partial charge in [-0.25, -0.2) is 0 Å². The molecule has 104 valence electrons. The molecular weight excluding hydrogens is 306 g/mol. The van der Waals surface area contributed by atoms with Crippen molar-refractivity contribution in [1.29, 1.82) is 0 Å². The van der Waals surface area contributed by atoms with E-state index in [0.717, 1.165) is 36.1 Å². The van der Waals surface area contributed by atoms with Crippen molar-refractivity contribution in [3.63, 3.8) is 0 Å².